The van der Waals surface area contributed by atoms with Gasteiger partial charge in [0.2, 0.25) is 0 Å². The van der Waals surface area contributed by atoms with E-state index in [9.17, 15) is 0 Å². The van der Waals surface area contributed by atoms with Gasteiger partial charge in [-0.25, -0.2) is 0 Å². The van der Waals surface area contributed by atoms with E-state index in [1.165, 1.54) is 54.4 Å². The lowest BCUT2D eigenvalue weighted by molar-refractivity contribution is -0.0562. The van der Waals surface area contributed by atoms with Crippen LogP contribution < -0.4 is 0 Å². The van der Waals surface area contributed by atoms with Crippen molar-refractivity contribution < 1.29 is 4.74 Å². The first-order valence-corrected chi connectivity index (χ1v) is 9.72. The standard InChI is InChI=1S/C23H22O/c1-3-7-20-18(5-1)19-6-2-4-8-21(19)23(20)22(24-23)16-10-14-9-15(12-16)13-17(22)11-14/h1-8,14-17H,9-13H2. The normalized spacial score (nSPS) is 41.7. The van der Waals surface area contributed by atoms with E-state index >= 15 is 0 Å². The van der Waals surface area contributed by atoms with Gasteiger partial charge in [0, 0.05) is 0 Å². The molecule has 2 aromatic carbocycles. The Hall–Kier alpha value is -1.60. The summed E-state index contributed by atoms with van der Waals surface area (Å²) >= 11 is 0. The summed E-state index contributed by atoms with van der Waals surface area (Å²) in [4.78, 5) is 0. The Morgan fingerprint density at radius 2 is 1.17 bits per heavy atom. The molecule has 6 aliphatic rings. The Bertz CT molecular complexity index is 806. The largest absolute Gasteiger partial charge is 0.352 e. The van der Waals surface area contributed by atoms with E-state index in [4.69, 9.17) is 4.74 Å². The molecule has 0 aromatic heterocycles. The minimum absolute atomic E-state index is 0.114. The highest BCUT2D eigenvalue weighted by Crippen LogP contribution is 2.78. The van der Waals surface area contributed by atoms with Crippen LogP contribution >= 0.6 is 0 Å². The molecule has 1 heterocycles. The topological polar surface area (TPSA) is 12.5 Å². The summed E-state index contributed by atoms with van der Waals surface area (Å²) in [5.74, 6) is 3.55. The molecule has 4 bridgehead atoms. The molecule has 4 saturated carbocycles. The Labute approximate surface area is 143 Å². The second-order valence-electron chi connectivity index (χ2n) is 8.97. The molecule has 8 rings (SSSR count). The van der Waals surface area contributed by atoms with Gasteiger partial charge in [-0.2, -0.15) is 0 Å². The average molecular weight is 314 g/mol. The van der Waals surface area contributed by atoms with E-state index < -0.39 is 0 Å². The van der Waals surface area contributed by atoms with Gasteiger partial charge >= 0.3 is 0 Å². The summed E-state index contributed by atoms with van der Waals surface area (Å²) in [6.45, 7) is 0. The molecule has 0 unspecified atom stereocenters. The summed E-state index contributed by atoms with van der Waals surface area (Å²) in [6.07, 6.45) is 7.17. The van der Waals surface area contributed by atoms with Crippen LogP contribution in [0.3, 0.4) is 0 Å². The molecule has 5 aliphatic carbocycles. The zero-order valence-electron chi connectivity index (χ0n) is 13.9. The molecule has 0 atom stereocenters. The lowest BCUT2D eigenvalue weighted by Crippen LogP contribution is -2.53. The fourth-order valence-electron chi connectivity index (χ4n) is 7.58. The number of ether oxygens (including phenoxy) is 1. The number of epoxide rings is 1. The summed E-state index contributed by atoms with van der Waals surface area (Å²) in [6, 6.07) is 18.1. The number of hydrogen-bond acceptors (Lipinski definition) is 1. The van der Waals surface area contributed by atoms with E-state index in [0.717, 1.165) is 23.7 Å². The highest BCUT2D eigenvalue weighted by Gasteiger charge is 2.82. The molecule has 0 radical (unpaired) electrons. The van der Waals surface area contributed by atoms with Crippen molar-refractivity contribution in [2.75, 3.05) is 0 Å². The Kier molecular flexibility index (Phi) is 2.01. The fraction of sp³-hybridized carbons (Fsp3) is 0.478. The van der Waals surface area contributed by atoms with E-state index in [-0.39, 0.29) is 11.2 Å². The number of hydrogen-bond donors (Lipinski definition) is 0. The van der Waals surface area contributed by atoms with Crippen LogP contribution in [0.15, 0.2) is 48.5 Å². The third kappa shape index (κ3) is 1.16. The number of rotatable bonds is 0. The van der Waals surface area contributed by atoms with Crippen molar-refractivity contribution in [1.82, 2.24) is 0 Å². The van der Waals surface area contributed by atoms with Gasteiger partial charge in [0.25, 0.3) is 0 Å². The van der Waals surface area contributed by atoms with Crippen molar-refractivity contribution in [1.29, 1.82) is 0 Å². The van der Waals surface area contributed by atoms with Crippen LogP contribution in [-0.4, -0.2) is 5.60 Å². The van der Waals surface area contributed by atoms with E-state index in [1.54, 1.807) is 0 Å². The van der Waals surface area contributed by atoms with Crippen LogP contribution in [0.1, 0.15) is 43.2 Å². The van der Waals surface area contributed by atoms with Gasteiger partial charge in [-0.3, -0.25) is 0 Å². The SMILES string of the molecule is c1ccc2c(c1)-c1ccccc1C21OC12C1CC3CC(C1)CC2C3. The quantitative estimate of drug-likeness (QED) is 0.614. The predicted molar refractivity (Wildman–Crippen MR) is 93.5 cm³/mol. The highest BCUT2D eigenvalue weighted by molar-refractivity contribution is 5.83. The second kappa shape index (κ2) is 3.80. The molecule has 1 aliphatic heterocycles. The predicted octanol–water partition coefficient (Wildman–Crippen LogP) is 5.14. The van der Waals surface area contributed by atoms with Crippen LogP contribution in [0.2, 0.25) is 0 Å². The van der Waals surface area contributed by atoms with Crippen LogP contribution in [-0.2, 0) is 10.3 Å². The molecular formula is C23H22O. The van der Waals surface area contributed by atoms with Crippen molar-refractivity contribution in [2.24, 2.45) is 23.7 Å². The summed E-state index contributed by atoms with van der Waals surface area (Å²) in [5.41, 5.74) is 5.74. The van der Waals surface area contributed by atoms with Gasteiger partial charge in [-0.1, -0.05) is 48.5 Å². The monoisotopic (exact) mass is 314 g/mol. The maximum absolute atomic E-state index is 6.98. The number of benzene rings is 2. The smallest absolute Gasteiger partial charge is 0.150 e. The molecule has 24 heavy (non-hydrogen) atoms. The van der Waals surface area contributed by atoms with Gasteiger partial charge in [-0.05, 0) is 78.0 Å². The molecule has 1 saturated heterocycles. The Morgan fingerprint density at radius 1 is 0.667 bits per heavy atom. The fourth-order valence-corrected chi connectivity index (χ4v) is 7.58. The van der Waals surface area contributed by atoms with Crippen molar-refractivity contribution in [3.05, 3.63) is 59.7 Å². The molecular weight excluding hydrogens is 292 g/mol. The van der Waals surface area contributed by atoms with Crippen LogP contribution in [0.4, 0.5) is 0 Å². The average Bonchev–Trinajstić information content (AvgIpc) is 3.23. The van der Waals surface area contributed by atoms with Gasteiger partial charge in [-0.15, -0.1) is 0 Å². The van der Waals surface area contributed by atoms with Gasteiger partial charge in [0.15, 0.2) is 0 Å². The maximum atomic E-state index is 6.98. The minimum atomic E-state index is -0.122. The van der Waals surface area contributed by atoms with Crippen molar-refractivity contribution in [3.8, 4) is 11.1 Å². The maximum Gasteiger partial charge on any atom is 0.150 e. The first kappa shape index (κ1) is 12.7. The molecule has 2 aromatic rings. The molecule has 1 heteroatoms. The summed E-state index contributed by atoms with van der Waals surface area (Å²) in [5, 5.41) is 0. The van der Waals surface area contributed by atoms with E-state index in [1.807, 2.05) is 0 Å². The lowest BCUT2D eigenvalue weighted by Gasteiger charge is -2.54. The van der Waals surface area contributed by atoms with Gasteiger partial charge in [0.1, 0.15) is 11.2 Å². The molecule has 1 nitrogen and oxygen atoms in total. The van der Waals surface area contributed by atoms with Crippen molar-refractivity contribution in [3.63, 3.8) is 0 Å². The Morgan fingerprint density at radius 3 is 1.71 bits per heavy atom. The van der Waals surface area contributed by atoms with Crippen LogP contribution in [0, 0.1) is 23.7 Å². The zero-order chi connectivity index (χ0) is 15.5. The third-order valence-corrected chi connectivity index (χ3v) is 8.08. The number of fused-ring (bicyclic) bond motifs is 5. The van der Waals surface area contributed by atoms with E-state index in [0.29, 0.717) is 0 Å². The van der Waals surface area contributed by atoms with Gasteiger partial charge in [0.05, 0.1) is 0 Å². The summed E-state index contributed by atoms with van der Waals surface area (Å²) in [7, 11) is 0. The van der Waals surface area contributed by atoms with Crippen molar-refractivity contribution >= 4 is 0 Å². The van der Waals surface area contributed by atoms with Crippen LogP contribution in [0.5, 0.6) is 0 Å². The first-order valence-electron chi connectivity index (χ1n) is 9.72. The molecule has 2 spiro atoms. The molecule has 5 fully saturated rings. The van der Waals surface area contributed by atoms with E-state index in [2.05, 4.69) is 48.5 Å². The molecule has 0 amide bonds. The minimum Gasteiger partial charge on any atom is -0.352 e. The molecule has 0 N–H and O–H groups in total. The van der Waals surface area contributed by atoms with Gasteiger partial charge < -0.3 is 4.74 Å². The third-order valence-electron chi connectivity index (χ3n) is 8.08. The molecule has 120 valence electrons. The second-order valence-corrected chi connectivity index (χ2v) is 8.97. The van der Waals surface area contributed by atoms with Crippen molar-refractivity contribution in [2.45, 2.75) is 43.3 Å². The van der Waals surface area contributed by atoms with Crippen LogP contribution in [0.25, 0.3) is 11.1 Å². The Balaban J connectivity index is 1.50. The first-order chi connectivity index (χ1) is 11.8. The lowest BCUT2D eigenvalue weighted by atomic mass is 9.48. The zero-order valence-corrected chi connectivity index (χ0v) is 13.9. The highest BCUT2D eigenvalue weighted by atomic mass is 16.6. The summed E-state index contributed by atoms with van der Waals surface area (Å²) < 4.78 is 6.98.